The van der Waals surface area contributed by atoms with Gasteiger partial charge in [-0.25, -0.2) is 4.79 Å². The van der Waals surface area contributed by atoms with Crippen LogP contribution in [-0.2, 0) is 0 Å². The van der Waals surface area contributed by atoms with E-state index in [-0.39, 0.29) is 11.4 Å². The summed E-state index contributed by atoms with van der Waals surface area (Å²) in [5.41, 5.74) is 0.186. The third-order valence-electron chi connectivity index (χ3n) is 2.78. The quantitative estimate of drug-likeness (QED) is 0.352. The molecule has 2 aromatic carbocycles. The molecule has 114 valence electrons. The number of nitro benzene ring substituents is 1. The number of benzene rings is 2. The Hall–Kier alpha value is -2.89. The van der Waals surface area contributed by atoms with Crippen LogP contribution in [0.1, 0.15) is 23.7 Å². The van der Waals surface area contributed by atoms with E-state index in [0.717, 1.165) is 6.42 Å². The first-order valence-electron chi connectivity index (χ1n) is 6.79. The number of non-ortho nitro benzene ring substituents is 1. The van der Waals surface area contributed by atoms with Gasteiger partial charge < -0.3 is 9.47 Å². The number of nitro groups is 1. The standard InChI is InChI=1S/C16H15NO5/c1-2-9-21-14-7-3-5-12(10-14)16(18)22-15-8-4-6-13(11-15)17(19)20/h3-8,10-11H,2,9H2,1H3. The van der Waals surface area contributed by atoms with Crippen molar-refractivity contribution in [1.29, 1.82) is 0 Å². The molecule has 0 aromatic heterocycles. The topological polar surface area (TPSA) is 78.7 Å². The Labute approximate surface area is 127 Å². The Morgan fingerprint density at radius 2 is 1.86 bits per heavy atom. The largest absolute Gasteiger partial charge is 0.494 e. The summed E-state index contributed by atoms with van der Waals surface area (Å²) in [4.78, 5) is 22.2. The van der Waals surface area contributed by atoms with Crippen LogP contribution in [0.4, 0.5) is 5.69 Å². The first kappa shape index (κ1) is 15.5. The van der Waals surface area contributed by atoms with Gasteiger partial charge in [0.05, 0.1) is 23.2 Å². The van der Waals surface area contributed by atoms with E-state index in [2.05, 4.69) is 0 Å². The molecule has 0 aliphatic heterocycles. The molecule has 0 atom stereocenters. The molecule has 0 unspecified atom stereocenters. The first-order valence-corrected chi connectivity index (χ1v) is 6.79. The average Bonchev–Trinajstić information content (AvgIpc) is 2.53. The van der Waals surface area contributed by atoms with Crippen LogP contribution in [-0.4, -0.2) is 17.5 Å². The van der Waals surface area contributed by atoms with Crippen LogP contribution in [0.2, 0.25) is 0 Å². The van der Waals surface area contributed by atoms with Gasteiger partial charge in [-0.05, 0) is 30.7 Å². The SMILES string of the molecule is CCCOc1cccc(C(=O)Oc2cccc([N+](=O)[O-])c2)c1. The molecule has 2 aromatic rings. The summed E-state index contributed by atoms with van der Waals surface area (Å²) < 4.78 is 10.6. The van der Waals surface area contributed by atoms with Crippen molar-refractivity contribution in [2.45, 2.75) is 13.3 Å². The monoisotopic (exact) mass is 301 g/mol. The number of rotatable bonds is 6. The van der Waals surface area contributed by atoms with E-state index < -0.39 is 10.9 Å². The second-order valence-corrected chi connectivity index (χ2v) is 4.52. The van der Waals surface area contributed by atoms with Crippen molar-refractivity contribution in [1.82, 2.24) is 0 Å². The molecule has 22 heavy (non-hydrogen) atoms. The highest BCUT2D eigenvalue weighted by molar-refractivity contribution is 5.91. The van der Waals surface area contributed by atoms with Gasteiger partial charge in [-0.3, -0.25) is 10.1 Å². The minimum absolute atomic E-state index is 0.124. The lowest BCUT2D eigenvalue weighted by atomic mass is 10.2. The van der Waals surface area contributed by atoms with Crippen molar-refractivity contribution in [2.24, 2.45) is 0 Å². The zero-order chi connectivity index (χ0) is 15.9. The zero-order valence-electron chi connectivity index (χ0n) is 12.0. The first-order chi connectivity index (χ1) is 10.6. The third-order valence-corrected chi connectivity index (χ3v) is 2.78. The van der Waals surface area contributed by atoms with Gasteiger partial charge >= 0.3 is 5.97 Å². The predicted molar refractivity (Wildman–Crippen MR) is 80.3 cm³/mol. The van der Waals surface area contributed by atoms with Gasteiger partial charge in [-0.1, -0.05) is 19.1 Å². The molecule has 0 bridgehead atoms. The molecule has 0 spiro atoms. The van der Waals surface area contributed by atoms with Crippen molar-refractivity contribution in [2.75, 3.05) is 6.61 Å². The molecule has 6 nitrogen and oxygen atoms in total. The summed E-state index contributed by atoms with van der Waals surface area (Å²) >= 11 is 0. The van der Waals surface area contributed by atoms with Crippen LogP contribution in [0.5, 0.6) is 11.5 Å². The molecule has 0 fully saturated rings. The Bertz CT molecular complexity index is 684. The summed E-state index contributed by atoms with van der Waals surface area (Å²) in [6.07, 6.45) is 0.863. The number of ether oxygens (including phenoxy) is 2. The van der Waals surface area contributed by atoms with Crippen molar-refractivity contribution in [3.8, 4) is 11.5 Å². The summed E-state index contributed by atoms with van der Waals surface area (Å²) in [6, 6.07) is 12.1. The van der Waals surface area contributed by atoms with Crippen LogP contribution in [0, 0.1) is 10.1 Å². The van der Waals surface area contributed by atoms with Gasteiger partial charge in [-0.2, -0.15) is 0 Å². The molecule has 0 aliphatic rings. The number of nitrogens with zero attached hydrogens (tertiary/aromatic N) is 1. The highest BCUT2D eigenvalue weighted by Gasteiger charge is 2.12. The van der Waals surface area contributed by atoms with Gasteiger partial charge in [-0.15, -0.1) is 0 Å². The highest BCUT2D eigenvalue weighted by atomic mass is 16.6. The van der Waals surface area contributed by atoms with Crippen molar-refractivity contribution in [3.63, 3.8) is 0 Å². The van der Waals surface area contributed by atoms with E-state index >= 15 is 0 Å². The Balaban J connectivity index is 2.12. The molecule has 6 heteroatoms. The van der Waals surface area contributed by atoms with Gasteiger partial charge in [0.2, 0.25) is 0 Å². The van der Waals surface area contributed by atoms with E-state index in [1.165, 1.54) is 24.3 Å². The molecule has 0 heterocycles. The Morgan fingerprint density at radius 3 is 2.59 bits per heavy atom. The summed E-state index contributed by atoms with van der Waals surface area (Å²) in [5, 5.41) is 10.7. The van der Waals surface area contributed by atoms with Crippen LogP contribution in [0.15, 0.2) is 48.5 Å². The molecule has 0 amide bonds. The van der Waals surface area contributed by atoms with E-state index in [9.17, 15) is 14.9 Å². The van der Waals surface area contributed by atoms with Gasteiger partial charge in [0.15, 0.2) is 0 Å². The molecule has 0 saturated heterocycles. The van der Waals surface area contributed by atoms with E-state index in [1.54, 1.807) is 24.3 Å². The second kappa shape index (κ2) is 7.21. The lowest BCUT2D eigenvalue weighted by molar-refractivity contribution is -0.384. The van der Waals surface area contributed by atoms with Crippen molar-refractivity contribution >= 4 is 11.7 Å². The highest BCUT2D eigenvalue weighted by Crippen LogP contribution is 2.21. The molecule has 0 saturated carbocycles. The number of carbonyl (C=O) groups excluding carboxylic acids is 1. The Kier molecular flexibility index (Phi) is 5.08. The molecular weight excluding hydrogens is 286 g/mol. The third kappa shape index (κ3) is 4.05. The molecule has 0 N–H and O–H groups in total. The predicted octanol–water partition coefficient (Wildman–Crippen LogP) is 3.60. The lowest BCUT2D eigenvalue weighted by Crippen LogP contribution is -2.09. The number of hydrogen-bond acceptors (Lipinski definition) is 5. The number of esters is 1. The minimum Gasteiger partial charge on any atom is -0.494 e. The number of carbonyl (C=O) groups is 1. The fourth-order valence-corrected chi connectivity index (χ4v) is 1.76. The van der Waals surface area contributed by atoms with E-state index in [4.69, 9.17) is 9.47 Å². The summed E-state index contributed by atoms with van der Waals surface area (Å²) in [5.74, 6) is 0.108. The zero-order valence-corrected chi connectivity index (χ0v) is 12.0. The van der Waals surface area contributed by atoms with Crippen LogP contribution in [0.25, 0.3) is 0 Å². The van der Waals surface area contributed by atoms with Crippen LogP contribution >= 0.6 is 0 Å². The van der Waals surface area contributed by atoms with E-state index in [0.29, 0.717) is 17.9 Å². The lowest BCUT2D eigenvalue weighted by Gasteiger charge is -2.07. The average molecular weight is 301 g/mol. The maximum Gasteiger partial charge on any atom is 0.343 e. The summed E-state index contributed by atoms with van der Waals surface area (Å²) in [7, 11) is 0. The summed E-state index contributed by atoms with van der Waals surface area (Å²) in [6.45, 7) is 2.55. The Morgan fingerprint density at radius 1 is 1.14 bits per heavy atom. The minimum atomic E-state index is -0.595. The van der Waals surface area contributed by atoms with Gasteiger partial charge in [0.25, 0.3) is 5.69 Å². The van der Waals surface area contributed by atoms with Crippen LogP contribution < -0.4 is 9.47 Å². The normalized spacial score (nSPS) is 10.0. The van der Waals surface area contributed by atoms with Gasteiger partial charge in [0, 0.05) is 6.07 Å². The van der Waals surface area contributed by atoms with Gasteiger partial charge in [0.1, 0.15) is 11.5 Å². The van der Waals surface area contributed by atoms with E-state index in [1.807, 2.05) is 6.92 Å². The number of hydrogen-bond donors (Lipinski definition) is 0. The van der Waals surface area contributed by atoms with Crippen molar-refractivity contribution in [3.05, 3.63) is 64.2 Å². The second-order valence-electron chi connectivity index (χ2n) is 4.52. The van der Waals surface area contributed by atoms with Crippen molar-refractivity contribution < 1.29 is 19.2 Å². The molecular formula is C16H15NO5. The fraction of sp³-hybridized carbons (Fsp3) is 0.188. The maximum atomic E-state index is 12.1. The molecule has 0 aliphatic carbocycles. The molecule has 0 radical (unpaired) electrons. The maximum absolute atomic E-state index is 12.1. The smallest absolute Gasteiger partial charge is 0.343 e. The molecule has 2 rings (SSSR count). The van der Waals surface area contributed by atoms with Crippen LogP contribution in [0.3, 0.4) is 0 Å². The fourth-order valence-electron chi connectivity index (χ4n) is 1.76.